The molecule has 1 aromatic rings. The average molecular weight is 268 g/mol. The molecular formula is C13H18BrN. The van der Waals surface area contributed by atoms with Gasteiger partial charge >= 0.3 is 0 Å². The molecule has 0 radical (unpaired) electrons. The van der Waals surface area contributed by atoms with Crippen molar-refractivity contribution in [1.29, 1.82) is 0 Å². The number of halogens is 1. The Morgan fingerprint density at radius 3 is 2.67 bits per heavy atom. The lowest BCUT2D eigenvalue weighted by Gasteiger charge is -2.18. The van der Waals surface area contributed by atoms with Gasteiger partial charge in [0.1, 0.15) is 0 Å². The second-order valence-corrected chi connectivity index (χ2v) is 5.50. The first-order valence-corrected chi connectivity index (χ1v) is 5.94. The minimum absolute atomic E-state index is 0.182. The van der Waals surface area contributed by atoms with Crippen molar-refractivity contribution in [2.45, 2.75) is 26.3 Å². The summed E-state index contributed by atoms with van der Waals surface area (Å²) in [6.07, 6.45) is 4.27. The molecule has 1 N–H and O–H groups in total. The van der Waals surface area contributed by atoms with Crippen LogP contribution in [0.25, 0.3) is 6.08 Å². The van der Waals surface area contributed by atoms with E-state index >= 15 is 0 Å². The van der Waals surface area contributed by atoms with Crippen LogP contribution in [0, 0.1) is 0 Å². The van der Waals surface area contributed by atoms with Crippen molar-refractivity contribution in [3.8, 4) is 0 Å². The highest BCUT2D eigenvalue weighted by Crippen LogP contribution is 2.12. The molecule has 0 saturated heterocycles. The maximum atomic E-state index is 3.45. The van der Waals surface area contributed by atoms with E-state index in [0.29, 0.717) is 0 Å². The molecule has 0 aliphatic rings. The first-order chi connectivity index (χ1) is 6.97. The molecule has 0 bridgehead atoms. The maximum absolute atomic E-state index is 3.45. The van der Waals surface area contributed by atoms with Crippen LogP contribution in [0.15, 0.2) is 34.8 Å². The molecule has 0 atom stereocenters. The van der Waals surface area contributed by atoms with Crippen LogP contribution in [0.3, 0.4) is 0 Å². The molecule has 0 aliphatic heterocycles. The van der Waals surface area contributed by atoms with Crippen molar-refractivity contribution in [2.75, 3.05) is 6.54 Å². The highest BCUT2D eigenvalue weighted by Gasteiger charge is 2.05. The number of nitrogens with one attached hydrogen (secondary N) is 1. The molecule has 0 amide bonds. The average Bonchev–Trinajstić information content (AvgIpc) is 2.11. The SMILES string of the molecule is CC(C)(C)NCC=Cc1cccc(Br)c1. The Kier molecular flexibility index (Phi) is 4.55. The van der Waals surface area contributed by atoms with Crippen LogP contribution in [0.4, 0.5) is 0 Å². The van der Waals surface area contributed by atoms with Crippen molar-refractivity contribution in [2.24, 2.45) is 0 Å². The lowest BCUT2D eigenvalue weighted by Crippen LogP contribution is -2.35. The highest BCUT2D eigenvalue weighted by atomic mass is 79.9. The Labute approximate surface area is 101 Å². The van der Waals surface area contributed by atoms with Crippen molar-refractivity contribution in [1.82, 2.24) is 5.32 Å². The van der Waals surface area contributed by atoms with Gasteiger partial charge in [0.05, 0.1) is 0 Å². The maximum Gasteiger partial charge on any atom is 0.0181 e. The van der Waals surface area contributed by atoms with Crippen molar-refractivity contribution < 1.29 is 0 Å². The van der Waals surface area contributed by atoms with Crippen molar-refractivity contribution in [3.05, 3.63) is 40.4 Å². The summed E-state index contributed by atoms with van der Waals surface area (Å²) in [5, 5.41) is 3.41. The number of rotatable bonds is 3. The smallest absolute Gasteiger partial charge is 0.0181 e. The Hall–Kier alpha value is -0.600. The molecule has 0 aliphatic carbocycles. The van der Waals surface area contributed by atoms with Gasteiger partial charge in [0, 0.05) is 16.6 Å². The molecule has 0 saturated carbocycles. The van der Waals surface area contributed by atoms with Crippen molar-refractivity contribution >= 4 is 22.0 Å². The Bertz CT molecular complexity index is 337. The molecule has 2 heteroatoms. The van der Waals surface area contributed by atoms with E-state index < -0.39 is 0 Å². The third-order valence-corrected chi connectivity index (χ3v) is 2.40. The molecule has 0 heterocycles. The molecule has 15 heavy (non-hydrogen) atoms. The lowest BCUT2D eigenvalue weighted by atomic mass is 10.1. The minimum Gasteiger partial charge on any atom is -0.309 e. The van der Waals surface area contributed by atoms with E-state index in [1.165, 1.54) is 5.56 Å². The molecule has 1 nitrogen and oxygen atoms in total. The summed E-state index contributed by atoms with van der Waals surface area (Å²) < 4.78 is 1.12. The van der Waals surface area contributed by atoms with Crippen LogP contribution in [0.2, 0.25) is 0 Å². The third-order valence-electron chi connectivity index (χ3n) is 1.91. The molecule has 0 fully saturated rings. The molecule has 1 rings (SSSR count). The summed E-state index contributed by atoms with van der Waals surface area (Å²) >= 11 is 3.45. The zero-order chi connectivity index (χ0) is 11.3. The van der Waals surface area contributed by atoms with Gasteiger partial charge < -0.3 is 5.32 Å². The Morgan fingerprint density at radius 1 is 1.33 bits per heavy atom. The van der Waals surface area contributed by atoms with Crippen LogP contribution < -0.4 is 5.32 Å². The van der Waals surface area contributed by atoms with Crippen LogP contribution in [0.1, 0.15) is 26.3 Å². The normalized spacial score (nSPS) is 12.3. The second-order valence-electron chi connectivity index (χ2n) is 4.59. The monoisotopic (exact) mass is 267 g/mol. The van der Waals surface area contributed by atoms with Gasteiger partial charge in [-0.2, -0.15) is 0 Å². The fourth-order valence-electron chi connectivity index (χ4n) is 1.17. The largest absolute Gasteiger partial charge is 0.309 e. The third kappa shape index (κ3) is 5.75. The van der Waals surface area contributed by atoms with Gasteiger partial charge in [0.2, 0.25) is 0 Å². The van der Waals surface area contributed by atoms with E-state index in [-0.39, 0.29) is 5.54 Å². The molecular weight excluding hydrogens is 250 g/mol. The predicted octanol–water partition coefficient (Wildman–Crippen LogP) is 3.85. The standard InChI is InChI=1S/C13H18BrN/c1-13(2,3)15-9-5-7-11-6-4-8-12(14)10-11/h4-8,10,15H,9H2,1-3H3. The highest BCUT2D eigenvalue weighted by molar-refractivity contribution is 9.10. The van der Waals surface area contributed by atoms with E-state index in [1.54, 1.807) is 0 Å². The zero-order valence-corrected chi connectivity index (χ0v) is 11.1. The quantitative estimate of drug-likeness (QED) is 0.878. The fraction of sp³-hybridized carbons (Fsp3) is 0.385. The molecule has 82 valence electrons. The number of hydrogen-bond acceptors (Lipinski definition) is 1. The number of hydrogen-bond donors (Lipinski definition) is 1. The van der Waals surface area contributed by atoms with Crippen LogP contribution in [0.5, 0.6) is 0 Å². The van der Waals surface area contributed by atoms with E-state index in [2.05, 4.69) is 66.3 Å². The van der Waals surface area contributed by atoms with Gasteiger partial charge in [0.25, 0.3) is 0 Å². The zero-order valence-electron chi connectivity index (χ0n) is 9.55. The summed E-state index contributed by atoms with van der Waals surface area (Å²) in [7, 11) is 0. The van der Waals surface area contributed by atoms with Crippen molar-refractivity contribution in [3.63, 3.8) is 0 Å². The summed E-state index contributed by atoms with van der Waals surface area (Å²) in [5.74, 6) is 0. The topological polar surface area (TPSA) is 12.0 Å². The Morgan fingerprint density at radius 2 is 2.07 bits per heavy atom. The summed E-state index contributed by atoms with van der Waals surface area (Å²) in [5.41, 5.74) is 1.40. The van der Waals surface area contributed by atoms with Crippen LogP contribution >= 0.6 is 15.9 Å². The first kappa shape index (κ1) is 12.5. The summed E-state index contributed by atoms with van der Waals surface area (Å²) in [4.78, 5) is 0. The van der Waals surface area contributed by atoms with E-state index in [9.17, 15) is 0 Å². The van der Waals surface area contributed by atoms with E-state index in [4.69, 9.17) is 0 Å². The number of benzene rings is 1. The summed E-state index contributed by atoms with van der Waals surface area (Å²) in [6.45, 7) is 7.40. The van der Waals surface area contributed by atoms with Gasteiger partial charge in [-0.15, -0.1) is 0 Å². The van der Waals surface area contributed by atoms with Crippen LogP contribution in [-0.4, -0.2) is 12.1 Å². The molecule has 0 unspecified atom stereocenters. The molecule has 1 aromatic carbocycles. The van der Waals surface area contributed by atoms with Gasteiger partial charge in [0.15, 0.2) is 0 Å². The Balaban J connectivity index is 2.45. The van der Waals surface area contributed by atoms with E-state index in [1.807, 2.05) is 12.1 Å². The molecule has 0 spiro atoms. The van der Waals surface area contributed by atoms with E-state index in [0.717, 1.165) is 11.0 Å². The second kappa shape index (κ2) is 5.47. The first-order valence-electron chi connectivity index (χ1n) is 5.14. The summed E-state index contributed by atoms with van der Waals surface area (Å²) in [6, 6.07) is 8.28. The van der Waals surface area contributed by atoms with Gasteiger partial charge in [-0.3, -0.25) is 0 Å². The lowest BCUT2D eigenvalue weighted by molar-refractivity contribution is 0.450. The fourth-order valence-corrected chi connectivity index (χ4v) is 1.59. The van der Waals surface area contributed by atoms with Crippen LogP contribution in [-0.2, 0) is 0 Å². The van der Waals surface area contributed by atoms with Gasteiger partial charge in [-0.1, -0.05) is 40.2 Å². The van der Waals surface area contributed by atoms with Gasteiger partial charge in [-0.25, -0.2) is 0 Å². The molecule has 0 aromatic heterocycles. The van der Waals surface area contributed by atoms with Gasteiger partial charge in [-0.05, 0) is 38.5 Å². The minimum atomic E-state index is 0.182. The predicted molar refractivity (Wildman–Crippen MR) is 70.9 cm³/mol.